The second-order valence-electron chi connectivity index (χ2n) is 5.54. The van der Waals surface area contributed by atoms with Gasteiger partial charge in [-0.3, -0.25) is 4.79 Å². The maximum absolute atomic E-state index is 12.7. The summed E-state index contributed by atoms with van der Waals surface area (Å²) in [6.45, 7) is 1.15. The minimum absolute atomic E-state index is 0.0914. The van der Waals surface area contributed by atoms with Crippen LogP contribution in [0.3, 0.4) is 0 Å². The Morgan fingerprint density at radius 1 is 1.08 bits per heavy atom. The summed E-state index contributed by atoms with van der Waals surface area (Å²) in [7, 11) is 4.57. The van der Waals surface area contributed by atoms with E-state index in [2.05, 4.69) is 15.3 Å². The van der Waals surface area contributed by atoms with Crippen LogP contribution in [0.1, 0.15) is 10.4 Å². The van der Waals surface area contributed by atoms with E-state index in [0.717, 1.165) is 0 Å². The summed E-state index contributed by atoms with van der Waals surface area (Å²) >= 11 is 0. The summed E-state index contributed by atoms with van der Waals surface area (Å²) in [5.41, 5.74) is 0.490. The van der Waals surface area contributed by atoms with E-state index in [0.29, 0.717) is 41.8 Å². The number of hydrogen-bond donors (Lipinski definition) is 1. The zero-order chi connectivity index (χ0) is 17.8. The Hall–Kier alpha value is -3.03. The molecule has 1 aliphatic heterocycles. The molecule has 3 rings (SSSR count). The van der Waals surface area contributed by atoms with Crippen molar-refractivity contribution >= 4 is 11.9 Å². The van der Waals surface area contributed by atoms with Crippen molar-refractivity contribution in [1.29, 1.82) is 0 Å². The average molecular weight is 344 g/mol. The highest BCUT2D eigenvalue weighted by Gasteiger charge is 2.32. The van der Waals surface area contributed by atoms with Crippen LogP contribution >= 0.6 is 0 Å². The third-order valence-electron chi connectivity index (χ3n) is 3.98. The Kier molecular flexibility index (Phi) is 4.87. The molecule has 1 amide bonds. The molecule has 25 heavy (non-hydrogen) atoms. The fourth-order valence-corrected chi connectivity index (χ4v) is 2.68. The van der Waals surface area contributed by atoms with Crippen LogP contribution in [-0.2, 0) is 0 Å². The first-order valence-electron chi connectivity index (χ1n) is 7.79. The van der Waals surface area contributed by atoms with E-state index in [4.69, 9.17) is 14.2 Å². The average Bonchev–Trinajstić information content (AvgIpc) is 2.63. The molecular weight excluding hydrogens is 324 g/mol. The van der Waals surface area contributed by atoms with Gasteiger partial charge in [0.25, 0.3) is 5.91 Å². The number of ether oxygens (including phenoxy) is 3. The molecule has 0 bridgehead atoms. The number of methoxy groups -OCH3 is 3. The molecule has 0 spiro atoms. The van der Waals surface area contributed by atoms with Gasteiger partial charge in [-0.15, -0.1) is 0 Å². The van der Waals surface area contributed by atoms with Crippen LogP contribution < -0.4 is 19.5 Å². The van der Waals surface area contributed by atoms with Crippen molar-refractivity contribution in [2.24, 2.45) is 0 Å². The lowest BCUT2D eigenvalue weighted by atomic mass is 10.1. The van der Waals surface area contributed by atoms with Gasteiger partial charge in [0.2, 0.25) is 11.7 Å². The van der Waals surface area contributed by atoms with Gasteiger partial charge in [-0.05, 0) is 18.2 Å². The number of aromatic nitrogens is 2. The Bertz CT molecular complexity index is 723. The number of benzene rings is 1. The minimum atomic E-state index is -0.0914. The van der Waals surface area contributed by atoms with Crippen LogP contribution in [0.15, 0.2) is 30.6 Å². The van der Waals surface area contributed by atoms with E-state index in [1.165, 1.54) is 21.3 Å². The van der Waals surface area contributed by atoms with Crippen molar-refractivity contribution in [3.63, 3.8) is 0 Å². The van der Waals surface area contributed by atoms with Crippen molar-refractivity contribution in [2.75, 3.05) is 39.7 Å². The first-order valence-corrected chi connectivity index (χ1v) is 7.79. The van der Waals surface area contributed by atoms with Crippen molar-refractivity contribution in [2.45, 2.75) is 6.04 Å². The topological polar surface area (TPSA) is 85.8 Å². The summed E-state index contributed by atoms with van der Waals surface area (Å²) in [6.07, 6.45) is 3.35. The van der Waals surface area contributed by atoms with E-state index in [-0.39, 0.29) is 11.9 Å². The maximum atomic E-state index is 12.7. The summed E-state index contributed by atoms with van der Waals surface area (Å²) in [6, 6.07) is 5.20. The predicted octanol–water partition coefficient (Wildman–Crippen LogP) is 1.44. The molecule has 2 aromatic rings. The smallest absolute Gasteiger partial charge is 0.254 e. The molecule has 1 aliphatic rings. The lowest BCUT2D eigenvalue weighted by Crippen LogP contribution is -2.57. The van der Waals surface area contributed by atoms with Gasteiger partial charge >= 0.3 is 0 Å². The van der Waals surface area contributed by atoms with Crippen molar-refractivity contribution < 1.29 is 19.0 Å². The highest BCUT2D eigenvalue weighted by Crippen LogP contribution is 2.38. The van der Waals surface area contributed by atoms with E-state index < -0.39 is 0 Å². The van der Waals surface area contributed by atoms with Crippen molar-refractivity contribution in [1.82, 2.24) is 14.9 Å². The first-order chi connectivity index (χ1) is 12.2. The molecule has 8 nitrogen and oxygen atoms in total. The zero-order valence-corrected chi connectivity index (χ0v) is 14.4. The molecular formula is C17H20N4O4. The maximum Gasteiger partial charge on any atom is 0.254 e. The number of anilines is 1. The van der Waals surface area contributed by atoms with Gasteiger partial charge in [0, 0.05) is 31.0 Å². The van der Waals surface area contributed by atoms with Gasteiger partial charge in [-0.1, -0.05) is 0 Å². The normalized spacial score (nSPS) is 13.8. The fraction of sp³-hybridized carbons (Fsp3) is 0.353. The third-order valence-corrected chi connectivity index (χ3v) is 3.98. The second-order valence-corrected chi connectivity index (χ2v) is 5.54. The molecule has 0 aliphatic carbocycles. The highest BCUT2D eigenvalue weighted by molar-refractivity contribution is 5.96. The van der Waals surface area contributed by atoms with E-state index in [1.54, 1.807) is 35.5 Å². The molecule has 1 N–H and O–H groups in total. The molecule has 0 unspecified atom stereocenters. The molecule has 2 heterocycles. The number of likely N-dealkylation sites (tertiary alicyclic amines) is 1. The van der Waals surface area contributed by atoms with Crippen LogP contribution in [0, 0.1) is 0 Å². The summed E-state index contributed by atoms with van der Waals surface area (Å²) in [4.78, 5) is 22.7. The van der Waals surface area contributed by atoms with E-state index in [1.807, 2.05) is 0 Å². The number of nitrogens with zero attached hydrogens (tertiary/aromatic N) is 3. The Morgan fingerprint density at radius 2 is 1.68 bits per heavy atom. The van der Waals surface area contributed by atoms with Gasteiger partial charge in [0.1, 0.15) is 0 Å². The SMILES string of the molecule is COc1cc(C(=O)N2CC(Nc3ncccn3)C2)cc(OC)c1OC. The molecule has 0 saturated carbocycles. The van der Waals surface area contributed by atoms with Gasteiger partial charge in [0.15, 0.2) is 11.5 Å². The quantitative estimate of drug-likeness (QED) is 0.848. The van der Waals surface area contributed by atoms with Crippen molar-refractivity contribution in [3.05, 3.63) is 36.2 Å². The molecule has 1 aromatic carbocycles. The zero-order valence-electron chi connectivity index (χ0n) is 14.4. The largest absolute Gasteiger partial charge is 0.493 e. The second kappa shape index (κ2) is 7.25. The van der Waals surface area contributed by atoms with Gasteiger partial charge in [0.05, 0.1) is 27.4 Å². The van der Waals surface area contributed by atoms with Crippen LogP contribution in [0.5, 0.6) is 17.2 Å². The lowest BCUT2D eigenvalue weighted by Gasteiger charge is -2.39. The van der Waals surface area contributed by atoms with E-state index in [9.17, 15) is 4.79 Å². The van der Waals surface area contributed by atoms with Crippen molar-refractivity contribution in [3.8, 4) is 17.2 Å². The monoisotopic (exact) mass is 344 g/mol. The highest BCUT2D eigenvalue weighted by atomic mass is 16.5. The Labute approximate surface area is 145 Å². The summed E-state index contributed by atoms with van der Waals surface area (Å²) < 4.78 is 15.9. The van der Waals surface area contributed by atoms with Crippen LogP contribution in [0.25, 0.3) is 0 Å². The summed E-state index contributed by atoms with van der Waals surface area (Å²) in [5.74, 6) is 1.85. The number of rotatable bonds is 6. The number of carbonyl (C=O) groups is 1. The number of hydrogen-bond acceptors (Lipinski definition) is 7. The molecule has 0 atom stereocenters. The van der Waals surface area contributed by atoms with Crippen LogP contribution in [-0.4, -0.2) is 61.2 Å². The Balaban J connectivity index is 1.68. The first kappa shape index (κ1) is 16.8. The fourth-order valence-electron chi connectivity index (χ4n) is 2.68. The van der Waals surface area contributed by atoms with Crippen LogP contribution in [0.4, 0.5) is 5.95 Å². The standard InChI is InChI=1S/C17H20N4O4/c1-23-13-7-11(8-14(24-2)15(13)25-3)16(22)21-9-12(10-21)20-17-18-5-4-6-19-17/h4-8,12H,9-10H2,1-3H3,(H,18,19,20). The molecule has 132 valence electrons. The molecule has 0 radical (unpaired) electrons. The molecule has 8 heteroatoms. The van der Waals surface area contributed by atoms with Gasteiger partial charge < -0.3 is 24.4 Å². The molecule has 1 aromatic heterocycles. The van der Waals surface area contributed by atoms with Gasteiger partial charge in [-0.25, -0.2) is 9.97 Å². The van der Waals surface area contributed by atoms with E-state index >= 15 is 0 Å². The number of nitrogens with one attached hydrogen (secondary N) is 1. The molecule has 1 fully saturated rings. The van der Waals surface area contributed by atoms with Gasteiger partial charge in [-0.2, -0.15) is 0 Å². The minimum Gasteiger partial charge on any atom is -0.493 e. The molecule has 1 saturated heterocycles. The number of carbonyl (C=O) groups excluding carboxylic acids is 1. The number of amides is 1. The van der Waals surface area contributed by atoms with Crippen LogP contribution in [0.2, 0.25) is 0 Å². The Morgan fingerprint density at radius 3 is 2.20 bits per heavy atom. The predicted molar refractivity (Wildman–Crippen MR) is 91.4 cm³/mol. The lowest BCUT2D eigenvalue weighted by molar-refractivity contribution is 0.0623. The third kappa shape index (κ3) is 3.42. The summed E-state index contributed by atoms with van der Waals surface area (Å²) in [5, 5.41) is 3.19.